The number of rotatable bonds is 2. The van der Waals surface area contributed by atoms with Gasteiger partial charge in [0, 0.05) is 24.0 Å². The van der Waals surface area contributed by atoms with Crippen LogP contribution in [0.25, 0.3) is 5.65 Å². The highest BCUT2D eigenvalue weighted by Gasteiger charge is 2.45. The van der Waals surface area contributed by atoms with Gasteiger partial charge in [0.15, 0.2) is 5.65 Å². The highest BCUT2D eigenvalue weighted by molar-refractivity contribution is 5.44. The largest absolute Gasteiger partial charge is 0.237 e. The van der Waals surface area contributed by atoms with Crippen LogP contribution >= 0.6 is 0 Å². The van der Waals surface area contributed by atoms with Gasteiger partial charge in [-0.05, 0) is 18.8 Å². The molecule has 0 atom stereocenters. The molecule has 0 amide bonds. The molecule has 1 aliphatic carbocycles. The van der Waals surface area contributed by atoms with E-state index in [1.807, 2.05) is 18.5 Å². The summed E-state index contributed by atoms with van der Waals surface area (Å²) >= 11 is 0. The van der Waals surface area contributed by atoms with Gasteiger partial charge in [-0.15, -0.1) is 0 Å². The lowest BCUT2D eigenvalue weighted by Crippen LogP contribution is -2.05. The van der Waals surface area contributed by atoms with E-state index in [2.05, 4.69) is 30.0 Å². The van der Waals surface area contributed by atoms with E-state index in [1.54, 1.807) is 4.52 Å². The van der Waals surface area contributed by atoms with E-state index in [9.17, 15) is 0 Å². The van der Waals surface area contributed by atoms with Crippen molar-refractivity contribution < 1.29 is 0 Å². The molecule has 1 aliphatic rings. The molecule has 0 aromatic carbocycles. The zero-order valence-corrected chi connectivity index (χ0v) is 10.0. The van der Waals surface area contributed by atoms with Crippen LogP contribution in [-0.2, 0) is 5.41 Å². The van der Waals surface area contributed by atoms with Crippen LogP contribution in [0.2, 0.25) is 0 Å². The Kier molecular flexibility index (Phi) is 1.99. The van der Waals surface area contributed by atoms with Gasteiger partial charge in [0.25, 0.3) is 0 Å². The van der Waals surface area contributed by atoms with Gasteiger partial charge in [-0.3, -0.25) is 0 Å². The summed E-state index contributed by atoms with van der Waals surface area (Å²) in [6.07, 6.45) is 5.64. The smallest absolute Gasteiger partial charge is 0.155 e. The molecular weight excluding hydrogens is 212 g/mol. The molecule has 4 nitrogen and oxygen atoms in total. The Labute approximate surface area is 99.9 Å². The summed E-state index contributed by atoms with van der Waals surface area (Å²) in [7, 11) is 0. The number of hydrogen-bond donors (Lipinski definition) is 0. The van der Waals surface area contributed by atoms with Crippen molar-refractivity contribution in [3.8, 4) is 6.07 Å². The summed E-state index contributed by atoms with van der Waals surface area (Å²) in [4.78, 5) is 4.39. The Hall–Kier alpha value is -1.89. The summed E-state index contributed by atoms with van der Waals surface area (Å²) in [6, 6.07) is 4.38. The maximum absolute atomic E-state index is 9.17. The standard InChI is InChI=1S/C13H14N4/c1-9(2)11-5-12-15-6-10(7-17(12)16-11)13(8-14)3-4-13/h5-7,9H,3-4H2,1-2H3. The zero-order valence-electron chi connectivity index (χ0n) is 10.0. The number of nitriles is 1. The summed E-state index contributed by atoms with van der Waals surface area (Å²) in [5.41, 5.74) is 2.60. The minimum Gasteiger partial charge on any atom is -0.237 e. The average Bonchev–Trinajstić information content (AvgIpc) is 3.00. The van der Waals surface area contributed by atoms with Gasteiger partial charge in [0.05, 0.1) is 17.2 Å². The van der Waals surface area contributed by atoms with Crippen LogP contribution in [0.3, 0.4) is 0 Å². The van der Waals surface area contributed by atoms with E-state index in [-0.39, 0.29) is 5.41 Å². The molecule has 0 N–H and O–H groups in total. The first-order valence-electron chi connectivity index (χ1n) is 5.92. The third-order valence-electron chi connectivity index (χ3n) is 3.44. The van der Waals surface area contributed by atoms with Crippen LogP contribution in [0.4, 0.5) is 0 Å². The molecule has 0 spiro atoms. The first-order chi connectivity index (χ1) is 8.14. The molecule has 2 aromatic rings. The number of nitrogens with zero attached hydrogens (tertiary/aromatic N) is 4. The summed E-state index contributed by atoms with van der Waals surface area (Å²) in [6.45, 7) is 4.22. The lowest BCUT2D eigenvalue weighted by molar-refractivity contribution is 0.775. The van der Waals surface area contributed by atoms with Gasteiger partial charge in [-0.2, -0.15) is 10.4 Å². The van der Waals surface area contributed by atoms with Gasteiger partial charge in [-0.1, -0.05) is 13.8 Å². The molecule has 0 unspecified atom stereocenters. The quantitative estimate of drug-likeness (QED) is 0.790. The van der Waals surface area contributed by atoms with Gasteiger partial charge in [0.1, 0.15) is 0 Å². The highest BCUT2D eigenvalue weighted by Crippen LogP contribution is 2.47. The van der Waals surface area contributed by atoms with E-state index < -0.39 is 0 Å². The van der Waals surface area contributed by atoms with Crippen molar-refractivity contribution in [2.75, 3.05) is 0 Å². The zero-order chi connectivity index (χ0) is 12.0. The first-order valence-corrected chi connectivity index (χ1v) is 5.92. The SMILES string of the molecule is CC(C)c1cc2ncc(C3(C#N)CC3)cn2n1. The lowest BCUT2D eigenvalue weighted by Gasteiger charge is -2.04. The molecule has 0 aliphatic heterocycles. The molecule has 86 valence electrons. The van der Waals surface area contributed by atoms with Gasteiger partial charge >= 0.3 is 0 Å². The molecule has 0 bridgehead atoms. The van der Waals surface area contributed by atoms with Crippen LogP contribution in [0.1, 0.15) is 43.9 Å². The van der Waals surface area contributed by atoms with E-state index in [4.69, 9.17) is 5.26 Å². The Morgan fingerprint density at radius 2 is 2.24 bits per heavy atom. The van der Waals surface area contributed by atoms with E-state index in [0.29, 0.717) is 5.92 Å². The monoisotopic (exact) mass is 226 g/mol. The van der Waals surface area contributed by atoms with E-state index in [1.165, 1.54) is 0 Å². The van der Waals surface area contributed by atoms with Gasteiger partial charge in [0.2, 0.25) is 0 Å². The summed E-state index contributed by atoms with van der Waals surface area (Å²) in [5, 5.41) is 13.7. The number of aromatic nitrogens is 3. The van der Waals surface area contributed by atoms with Crippen molar-refractivity contribution in [2.45, 2.75) is 38.0 Å². The second-order valence-electron chi connectivity index (χ2n) is 5.06. The fourth-order valence-corrected chi connectivity index (χ4v) is 2.01. The van der Waals surface area contributed by atoms with Crippen molar-refractivity contribution in [3.63, 3.8) is 0 Å². The fraction of sp³-hybridized carbons (Fsp3) is 0.462. The molecule has 3 rings (SSSR count). The molecule has 0 radical (unpaired) electrons. The first kappa shape index (κ1) is 10.3. The molecule has 2 aromatic heterocycles. The number of fused-ring (bicyclic) bond motifs is 1. The van der Waals surface area contributed by atoms with Crippen LogP contribution in [0, 0.1) is 11.3 Å². The summed E-state index contributed by atoms with van der Waals surface area (Å²) < 4.78 is 1.79. The third-order valence-corrected chi connectivity index (χ3v) is 3.44. The minimum atomic E-state index is -0.287. The Morgan fingerprint density at radius 1 is 1.47 bits per heavy atom. The Bertz CT molecular complexity index is 614. The topological polar surface area (TPSA) is 54.0 Å². The summed E-state index contributed by atoms with van der Waals surface area (Å²) in [5.74, 6) is 0.394. The second-order valence-corrected chi connectivity index (χ2v) is 5.06. The maximum atomic E-state index is 9.17. The van der Waals surface area contributed by atoms with Crippen LogP contribution in [0.5, 0.6) is 0 Å². The predicted molar refractivity (Wildman–Crippen MR) is 63.6 cm³/mol. The average molecular weight is 226 g/mol. The minimum absolute atomic E-state index is 0.287. The molecule has 1 fully saturated rings. The molecule has 1 saturated carbocycles. The van der Waals surface area contributed by atoms with Crippen LogP contribution in [-0.4, -0.2) is 14.6 Å². The predicted octanol–water partition coefficient (Wildman–Crippen LogP) is 2.41. The van der Waals surface area contributed by atoms with Gasteiger partial charge in [-0.25, -0.2) is 9.50 Å². The maximum Gasteiger partial charge on any atom is 0.155 e. The van der Waals surface area contributed by atoms with E-state index in [0.717, 1.165) is 29.7 Å². The van der Waals surface area contributed by atoms with Crippen molar-refractivity contribution in [1.29, 1.82) is 5.26 Å². The molecule has 0 saturated heterocycles. The highest BCUT2D eigenvalue weighted by atomic mass is 15.2. The number of hydrogen-bond acceptors (Lipinski definition) is 3. The van der Waals surface area contributed by atoms with Crippen molar-refractivity contribution in [1.82, 2.24) is 14.6 Å². The van der Waals surface area contributed by atoms with Crippen molar-refractivity contribution in [2.24, 2.45) is 0 Å². The second kappa shape index (κ2) is 3.30. The molecule has 4 heteroatoms. The van der Waals surface area contributed by atoms with Crippen molar-refractivity contribution >= 4 is 5.65 Å². The Morgan fingerprint density at radius 3 is 2.82 bits per heavy atom. The Balaban J connectivity index is 2.11. The van der Waals surface area contributed by atoms with Crippen LogP contribution in [0.15, 0.2) is 18.5 Å². The fourth-order valence-electron chi connectivity index (χ4n) is 2.01. The lowest BCUT2D eigenvalue weighted by atomic mass is 10.0. The van der Waals surface area contributed by atoms with Crippen LogP contribution < -0.4 is 0 Å². The van der Waals surface area contributed by atoms with Gasteiger partial charge < -0.3 is 0 Å². The molecule has 17 heavy (non-hydrogen) atoms. The molecule has 2 heterocycles. The normalized spacial score (nSPS) is 17.3. The van der Waals surface area contributed by atoms with Crippen molar-refractivity contribution in [3.05, 3.63) is 29.7 Å². The molecular formula is C13H14N4. The van der Waals surface area contributed by atoms with E-state index >= 15 is 0 Å². The third kappa shape index (κ3) is 1.50.